The summed E-state index contributed by atoms with van der Waals surface area (Å²) in [5, 5.41) is 9.02. The predicted molar refractivity (Wildman–Crippen MR) is 116 cm³/mol. The van der Waals surface area contributed by atoms with Gasteiger partial charge in [0.2, 0.25) is 11.8 Å². The predicted octanol–water partition coefficient (Wildman–Crippen LogP) is 3.32. The van der Waals surface area contributed by atoms with Crippen LogP contribution in [-0.2, 0) is 16.0 Å². The van der Waals surface area contributed by atoms with Crippen LogP contribution in [0.5, 0.6) is 11.5 Å². The molecule has 0 saturated carbocycles. The van der Waals surface area contributed by atoms with E-state index in [1.165, 1.54) is 0 Å². The molecule has 2 N–H and O–H groups in total. The standard InChI is InChI=1S/C22H29N3O4S/c1-14-13-30-21(23-14)15(2)24-19(26)7-9-22(10-8-20(27)25-22)12-16-5-6-17(28-3)18(11-16)29-4/h5-6,11,13,15H,7-10,12H2,1-4H3,(H,24,26)(H,25,27)/t15-,22+/m0/s1. The average Bonchev–Trinajstić information content (AvgIpc) is 3.32. The molecule has 2 atom stereocenters. The van der Waals surface area contributed by atoms with Crippen molar-refractivity contribution in [2.45, 2.75) is 57.5 Å². The van der Waals surface area contributed by atoms with Gasteiger partial charge in [-0.2, -0.15) is 0 Å². The van der Waals surface area contributed by atoms with E-state index in [9.17, 15) is 9.59 Å². The molecule has 2 heterocycles. The number of thiazole rings is 1. The Morgan fingerprint density at radius 3 is 2.70 bits per heavy atom. The van der Waals surface area contributed by atoms with Crippen molar-refractivity contribution in [2.75, 3.05) is 14.2 Å². The second-order valence-electron chi connectivity index (χ2n) is 7.81. The summed E-state index contributed by atoms with van der Waals surface area (Å²) < 4.78 is 10.7. The fourth-order valence-corrected chi connectivity index (χ4v) is 4.67. The molecule has 0 aliphatic carbocycles. The fourth-order valence-electron chi connectivity index (χ4n) is 3.86. The lowest BCUT2D eigenvalue weighted by Crippen LogP contribution is -2.44. The number of nitrogens with one attached hydrogen (secondary N) is 2. The molecule has 1 saturated heterocycles. The molecule has 1 aromatic heterocycles. The maximum Gasteiger partial charge on any atom is 0.220 e. The molecule has 1 fully saturated rings. The Kier molecular flexibility index (Phi) is 6.97. The Morgan fingerprint density at radius 1 is 1.33 bits per heavy atom. The van der Waals surface area contributed by atoms with E-state index in [1.807, 2.05) is 37.4 Å². The first-order valence-corrected chi connectivity index (χ1v) is 11.0. The third-order valence-corrected chi connectivity index (χ3v) is 6.59. The van der Waals surface area contributed by atoms with Gasteiger partial charge in [0.05, 0.1) is 20.3 Å². The lowest BCUT2D eigenvalue weighted by atomic mass is 9.84. The number of amides is 2. The van der Waals surface area contributed by atoms with Crippen LogP contribution in [0.2, 0.25) is 0 Å². The number of hydrogen-bond donors (Lipinski definition) is 2. The van der Waals surface area contributed by atoms with E-state index in [0.29, 0.717) is 43.6 Å². The topological polar surface area (TPSA) is 89.5 Å². The van der Waals surface area contributed by atoms with Crippen LogP contribution in [0.3, 0.4) is 0 Å². The van der Waals surface area contributed by atoms with Gasteiger partial charge in [-0.1, -0.05) is 6.07 Å². The van der Waals surface area contributed by atoms with Crippen molar-refractivity contribution < 1.29 is 19.1 Å². The second kappa shape index (κ2) is 9.47. The fraction of sp³-hybridized carbons (Fsp3) is 0.500. The van der Waals surface area contributed by atoms with Gasteiger partial charge in [0.15, 0.2) is 11.5 Å². The van der Waals surface area contributed by atoms with Crippen LogP contribution in [0.1, 0.15) is 54.9 Å². The SMILES string of the molecule is COc1ccc(C[C@@]2(CCC(=O)N[C@@H](C)c3nc(C)cs3)CCC(=O)N2)cc1OC. The molecule has 2 amide bonds. The molecule has 0 spiro atoms. The summed E-state index contributed by atoms with van der Waals surface area (Å²) in [5.41, 5.74) is 1.55. The number of benzene rings is 1. The highest BCUT2D eigenvalue weighted by atomic mass is 32.1. The highest BCUT2D eigenvalue weighted by molar-refractivity contribution is 7.09. The molecule has 0 unspecified atom stereocenters. The Balaban J connectivity index is 1.65. The summed E-state index contributed by atoms with van der Waals surface area (Å²) in [4.78, 5) is 29.0. The Morgan fingerprint density at radius 2 is 2.10 bits per heavy atom. The van der Waals surface area contributed by atoms with E-state index >= 15 is 0 Å². The molecule has 7 nitrogen and oxygen atoms in total. The monoisotopic (exact) mass is 431 g/mol. The smallest absolute Gasteiger partial charge is 0.220 e. The molecule has 3 rings (SSSR count). The van der Waals surface area contributed by atoms with Crippen LogP contribution < -0.4 is 20.1 Å². The summed E-state index contributed by atoms with van der Waals surface area (Å²) in [5.74, 6) is 1.31. The van der Waals surface area contributed by atoms with Crippen LogP contribution >= 0.6 is 11.3 Å². The normalized spacial score (nSPS) is 19.3. The minimum Gasteiger partial charge on any atom is -0.493 e. The van der Waals surface area contributed by atoms with Crippen molar-refractivity contribution in [3.8, 4) is 11.5 Å². The summed E-state index contributed by atoms with van der Waals surface area (Å²) in [7, 11) is 3.20. The van der Waals surface area contributed by atoms with Gasteiger partial charge in [0.1, 0.15) is 5.01 Å². The van der Waals surface area contributed by atoms with Crippen LogP contribution in [0.25, 0.3) is 0 Å². The highest BCUT2D eigenvalue weighted by Crippen LogP contribution is 2.33. The minimum absolute atomic E-state index is 0.0301. The van der Waals surface area contributed by atoms with Gasteiger partial charge in [-0.25, -0.2) is 4.98 Å². The maximum atomic E-state index is 12.6. The van der Waals surface area contributed by atoms with Crippen molar-refractivity contribution in [3.63, 3.8) is 0 Å². The van der Waals surface area contributed by atoms with Gasteiger partial charge in [-0.15, -0.1) is 11.3 Å². The first-order chi connectivity index (χ1) is 14.3. The van der Waals surface area contributed by atoms with Crippen LogP contribution in [-0.4, -0.2) is 36.6 Å². The van der Waals surface area contributed by atoms with Crippen LogP contribution in [0.4, 0.5) is 0 Å². The third-order valence-electron chi connectivity index (χ3n) is 5.44. The molecule has 8 heteroatoms. The van der Waals surface area contributed by atoms with Crippen LogP contribution in [0, 0.1) is 6.92 Å². The van der Waals surface area contributed by atoms with E-state index in [4.69, 9.17) is 9.47 Å². The van der Waals surface area contributed by atoms with Gasteiger partial charge in [-0.05, 0) is 50.8 Å². The number of rotatable bonds is 9. The van der Waals surface area contributed by atoms with E-state index < -0.39 is 5.54 Å². The van der Waals surface area contributed by atoms with Gasteiger partial charge in [0.25, 0.3) is 0 Å². The number of ether oxygens (including phenoxy) is 2. The van der Waals surface area contributed by atoms with Crippen molar-refractivity contribution in [3.05, 3.63) is 39.8 Å². The Labute approximate surface area is 181 Å². The molecular weight excluding hydrogens is 402 g/mol. The maximum absolute atomic E-state index is 12.6. The molecule has 30 heavy (non-hydrogen) atoms. The zero-order valence-electron chi connectivity index (χ0n) is 17.9. The van der Waals surface area contributed by atoms with Crippen molar-refractivity contribution in [1.82, 2.24) is 15.6 Å². The first-order valence-electron chi connectivity index (χ1n) is 10.1. The number of aromatic nitrogens is 1. The van der Waals surface area contributed by atoms with Gasteiger partial charge >= 0.3 is 0 Å². The zero-order chi connectivity index (χ0) is 21.7. The number of nitrogens with zero attached hydrogens (tertiary/aromatic N) is 1. The van der Waals surface area contributed by atoms with E-state index in [-0.39, 0.29) is 17.9 Å². The Bertz CT molecular complexity index is 914. The van der Waals surface area contributed by atoms with E-state index in [2.05, 4.69) is 15.6 Å². The highest BCUT2D eigenvalue weighted by Gasteiger charge is 2.38. The van der Waals surface area contributed by atoms with E-state index in [0.717, 1.165) is 16.3 Å². The molecule has 0 bridgehead atoms. The van der Waals surface area contributed by atoms with Crippen molar-refractivity contribution in [2.24, 2.45) is 0 Å². The number of carbonyl (C=O) groups is 2. The third kappa shape index (κ3) is 5.30. The van der Waals surface area contributed by atoms with E-state index in [1.54, 1.807) is 25.6 Å². The molecule has 1 aromatic carbocycles. The summed E-state index contributed by atoms with van der Waals surface area (Å²) >= 11 is 1.55. The molecule has 1 aliphatic heterocycles. The summed E-state index contributed by atoms with van der Waals surface area (Å²) in [6.07, 6.45) is 2.72. The number of methoxy groups -OCH3 is 2. The number of carbonyl (C=O) groups excluding carboxylic acids is 2. The second-order valence-corrected chi connectivity index (χ2v) is 8.70. The van der Waals surface area contributed by atoms with Gasteiger partial charge in [0, 0.05) is 29.5 Å². The zero-order valence-corrected chi connectivity index (χ0v) is 18.7. The largest absolute Gasteiger partial charge is 0.493 e. The molecular formula is C22H29N3O4S. The number of hydrogen-bond acceptors (Lipinski definition) is 6. The number of aryl methyl sites for hydroxylation is 1. The summed E-state index contributed by atoms with van der Waals surface area (Å²) in [6, 6.07) is 5.64. The summed E-state index contributed by atoms with van der Waals surface area (Å²) in [6.45, 7) is 3.88. The molecule has 2 aromatic rings. The molecule has 162 valence electrons. The van der Waals surface area contributed by atoms with Gasteiger partial charge < -0.3 is 20.1 Å². The quantitative estimate of drug-likeness (QED) is 0.636. The molecule has 1 aliphatic rings. The first kappa shape index (κ1) is 22.1. The molecule has 0 radical (unpaired) electrons. The van der Waals surface area contributed by atoms with Crippen LogP contribution in [0.15, 0.2) is 23.6 Å². The van der Waals surface area contributed by atoms with Crippen molar-refractivity contribution in [1.29, 1.82) is 0 Å². The minimum atomic E-state index is -0.435. The van der Waals surface area contributed by atoms with Gasteiger partial charge in [-0.3, -0.25) is 9.59 Å². The lowest BCUT2D eigenvalue weighted by Gasteiger charge is -2.30. The average molecular weight is 432 g/mol. The lowest BCUT2D eigenvalue weighted by molar-refractivity contribution is -0.123. The van der Waals surface area contributed by atoms with Crippen molar-refractivity contribution >= 4 is 23.2 Å². The Hall–Kier alpha value is -2.61.